The highest BCUT2D eigenvalue weighted by molar-refractivity contribution is 5.89. The molecule has 1 aliphatic carbocycles. The Kier molecular flexibility index (Phi) is 24.9. The van der Waals surface area contributed by atoms with Gasteiger partial charge in [0.1, 0.15) is 47.4 Å². The molecule has 1 amide bonds. The van der Waals surface area contributed by atoms with Crippen LogP contribution in [-0.2, 0) is 61.9 Å². The zero-order valence-electron chi connectivity index (χ0n) is 51.5. The minimum absolute atomic E-state index is 0.000477. The van der Waals surface area contributed by atoms with Crippen molar-refractivity contribution in [3.63, 3.8) is 0 Å². The third kappa shape index (κ3) is 17.1. The lowest BCUT2D eigenvalue weighted by Crippen LogP contribution is -2.63. The van der Waals surface area contributed by atoms with Gasteiger partial charge in [-0.15, -0.1) is 0 Å². The second kappa shape index (κ2) is 30.6. The normalized spacial score (nSPS) is 38.7. The molecule has 18 nitrogen and oxygen atoms in total. The number of ketones is 2. The quantitative estimate of drug-likeness (QED) is 0.147. The van der Waals surface area contributed by atoms with Gasteiger partial charge in [0.15, 0.2) is 18.2 Å². The molecule has 3 saturated heterocycles. The lowest BCUT2D eigenvalue weighted by molar-refractivity contribution is -0.317. The molecule has 4 aliphatic heterocycles. The molecule has 2 bridgehead atoms. The molecule has 83 heavy (non-hydrogen) atoms. The molecule has 4 heterocycles. The Morgan fingerprint density at radius 1 is 0.831 bits per heavy atom. The van der Waals surface area contributed by atoms with Gasteiger partial charge in [0.2, 0.25) is 5.79 Å². The molecule has 1 aromatic carbocycles. The maximum absolute atomic E-state index is 14.7. The van der Waals surface area contributed by atoms with Crippen LogP contribution in [0.2, 0.25) is 0 Å². The molecule has 16 atom stereocenters. The fourth-order valence-corrected chi connectivity index (χ4v) is 12.6. The number of aliphatic hydroxyl groups excluding tert-OH is 2. The van der Waals surface area contributed by atoms with E-state index in [0.717, 1.165) is 22.4 Å². The van der Waals surface area contributed by atoms with Crippen LogP contribution in [-0.4, -0.2) is 158 Å². The van der Waals surface area contributed by atoms with Crippen molar-refractivity contribution in [2.45, 2.75) is 206 Å². The summed E-state index contributed by atoms with van der Waals surface area (Å²) in [5, 5.41) is 35.7. The van der Waals surface area contributed by atoms with E-state index in [0.29, 0.717) is 69.8 Å². The summed E-state index contributed by atoms with van der Waals surface area (Å²) >= 11 is 0. The van der Waals surface area contributed by atoms with E-state index in [-0.39, 0.29) is 56.0 Å². The van der Waals surface area contributed by atoms with Crippen molar-refractivity contribution in [3.05, 3.63) is 76.9 Å². The van der Waals surface area contributed by atoms with Crippen molar-refractivity contribution in [1.29, 1.82) is 0 Å². The van der Waals surface area contributed by atoms with Gasteiger partial charge in [-0.05, 0) is 138 Å². The van der Waals surface area contributed by atoms with Gasteiger partial charge in [0, 0.05) is 64.0 Å². The third-order valence-corrected chi connectivity index (χ3v) is 18.2. The first-order valence-electron chi connectivity index (χ1n) is 30.1. The molecular formula is C65H97NO17. The fourth-order valence-electron chi connectivity index (χ4n) is 12.6. The van der Waals surface area contributed by atoms with Crippen molar-refractivity contribution in [2.24, 2.45) is 40.9 Å². The highest BCUT2D eigenvalue weighted by atomic mass is 16.7. The Morgan fingerprint density at radius 2 is 1.55 bits per heavy atom. The summed E-state index contributed by atoms with van der Waals surface area (Å²) in [6, 6.07) is 4.53. The Morgan fingerprint density at radius 3 is 2.22 bits per heavy atom. The van der Waals surface area contributed by atoms with Crippen LogP contribution in [0, 0.1) is 47.8 Å². The molecule has 18 heteroatoms. The number of hydrogen-bond donors (Lipinski definition) is 3. The number of esters is 2. The largest absolute Gasteiger partial charge is 0.496 e. The number of methoxy groups -OCH3 is 4. The van der Waals surface area contributed by atoms with Crippen LogP contribution in [0.1, 0.15) is 150 Å². The van der Waals surface area contributed by atoms with Gasteiger partial charge in [0.25, 0.3) is 5.91 Å². The van der Waals surface area contributed by atoms with E-state index < -0.39 is 114 Å². The second-order valence-corrected chi connectivity index (χ2v) is 24.9. The highest BCUT2D eigenvalue weighted by Crippen LogP contribution is 2.41. The second-order valence-electron chi connectivity index (χ2n) is 24.9. The van der Waals surface area contributed by atoms with Gasteiger partial charge in [-0.1, -0.05) is 77.1 Å². The third-order valence-electron chi connectivity index (χ3n) is 18.2. The summed E-state index contributed by atoms with van der Waals surface area (Å²) in [5.41, 5.74) is 1.93. The van der Waals surface area contributed by atoms with Crippen molar-refractivity contribution in [3.8, 4) is 5.75 Å². The Labute approximate surface area is 492 Å². The number of rotatable bonds is 10. The first-order chi connectivity index (χ1) is 39.4. The summed E-state index contributed by atoms with van der Waals surface area (Å²) in [6.45, 7) is 16.7. The Bertz CT molecular complexity index is 2480. The first kappa shape index (κ1) is 67.5. The van der Waals surface area contributed by atoms with Crippen molar-refractivity contribution in [2.75, 3.05) is 48.2 Å². The number of Topliss-reactive ketones (excluding diaryl/α,β-unsaturated/α-hetero) is 2. The molecule has 4 fully saturated rings. The van der Waals surface area contributed by atoms with Crippen molar-refractivity contribution >= 4 is 29.4 Å². The molecule has 0 radical (unpaired) electrons. The van der Waals surface area contributed by atoms with E-state index in [1.165, 1.54) is 12.0 Å². The number of amides is 1. The lowest BCUT2D eigenvalue weighted by Gasteiger charge is -2.46. The summed E-state index contributed by atoms with van der Waals surface area (Å²) in [6.07, 6.45) is 8.07. The van der Waals surface area contributed by atoms with Crippen LogP contribution < -0.4 is 4.74 Å². The average Bonchev–Trinajstić information content (AvgIpc) is 3.60. The number of hydrogen-bond acceptors (Lipinski definition) is 17. The molecule has 1 aromatic rings. The number of cyclic esters (lactones) is 1. The summed E-state index contributed by atoms with van der Waals surface area (Å²) in [5.74, 6) is -6.45. The number of carbonyl (C=O) groups is 5. The zero-order chi connectivity index (χ0) is 60.9. The SMILES string of the molecule is COc1ccc(C2OCC(C)(C(=O)OC3CCC(CC(C)C4CC(=O)C(C)/C=C(\C)C(O)C(OC)C(=O)C(C)CC(C)/C=C/C=C/C=C(\C)C(OC)CC5CCC(C)C(O)(O5)C(O)C(=O)N5CCCCC5C(=O)O4)CC3OC)CO2)cc1C. The van der Waals surface area contributed by atoms with Gasteiger partial charge >= 0.3 is 11.9 Å². The van der Waals surface area contributed by atoms with Gasteiger partial charge in [0.05, 0.1) is 38.6 Å². The maximum Gasteiger partial charge on any atom is 0.329 e. The fraction of sp³-hybridized carbons (Fsp3) is 0.708. The van der Waals surface area contributed by atoms with Crippen LogP contribution >= 0.6 is 0 Å². The number of carbonyl (C=O) groups excluding carboxylic acids is 5. The van der Waals surface area contributed by atoms with Gasteiger partial charge in [-0.3, -0.25) is 19.2 Å². The molecular weight excluding hydrogens is 1070 g/mol. The van der Waals surface area contributed by atoms with Gasteiger partial charge in [-0.25, -0.2) is 4.79 Å². The van der Waals surface area contributed by atoms with Crippen LogP contribution in [0.5, 0.6) is 5.75 Å². The predicted molar refractivity (Wildman–Crippen MR) is 310 cm³/mol. The van der Waals surface area contributed by atoms with Crippen molar-refractivity contribution in [1.82, 2.24) is 4.90 Å². The smallest absolute Gasteiger partial charge is 0.329 e. The standard InChI is InChI=1S/C65H97NO17/c1-38-19-15-14-16-20-39(2)53(76-11)34-48-25-22-45(8)65(74,83-48)59(70)60(71)66-28-18-17-21-49(66)61(72)81-54(35-50(67)40(3)30-44(7)57(69)58(78-13)56(68)43(6)29-38)41(4)31-46-23-26-52(55(33-46)77-12)82-63(73)64(9)36-79-62(80-37-64)47-24-27-51(75-10)42(5)32-47/h14-16,19-20,24,27,30,32,38,40-41,43,45-46,48-49,52-55,57-59,62,69-70,74H,17-18,21-23,25-26,28-29,31,33-37H2,1-13H3/b16-14+,19-15+,39-20+,44-30+. The number of fused-ring (bicyclic) bond motifs is 3. The van der Waals surface area contributed by atoms with Crippen LogP contribution in [0.3, 0.4) is 0 Å². The first-order valence-corrected chi connectivity index (χ1v) is 30.1. The van der Waals surface area contributed by atoms with Crippen LogP contribution in [0.4, 0.5) is 0 Å². The van der Waals surface area contributed by atoms with Crippen LogP contribution in [0.25, 0.3) is 0 Å². The molecule has 1 saturated carbocycles. The summed E-state index contributed by atoms with van der Waals surface area (Å²) in [7, 11) is 6.16. The number of benzene rings is 1. The van der Waals surface area contributed by atoms with E-state index >= 15 is 0 Å². The molecule has 3 N–H and O–H groups in total. The maximum atomic E-state index is 14.7. The molecule has 6 rings (SSSR count). The molecule has 0 spiro atoms. The Balaban J connectivity index is 1.22. The van der Waals surface area contributed by atoms with E-state index in [4.69, 9.17) is 42.6 Å². The van der Waals surface area contributed by atoms with Crippen molar-refractivity contribution < 1.29 is 81.9 Å². The minimum atomic E-state index is -2.27. The van der Waals surface area contributed by atoms with E-state index in [2.05, 4.69) is 0 Å². The number of piperidine rings is 1. The lowest BCUT2D eigenvalue weighted by atomic mass is 9.78. The summed E-state index contributed by atoms with van der Waals surface area (Å²) < 4.78 is 54.0. The van der Waals surface area contributed by atoms with Crippen LogP contribution in [0.15, 0.2) is 65.8 Å². The number of ether oxygens (including phenoxy) is 9. The van der Waals surface area contributed by atoms with E-state index in [9.17, 15) is 39.3 Å². The minimum Gasteiger partial charge on any atom is -0.496 e. The Hall–Kier alpha value is -4.63. The highest BCUT2D eigenvalue weighted by Gasteiger charge is 2.53. The van der Waals surface area contributed by atoms with Gasteiger partial charge in [-0.2, -0.15) is 0 Å². The van der Waals surface area contributed by atoms with Gasteiger partial charge < -0.3 is 62.9 Å². The number of allylic oxidation sites excluding steroid dienone is 6. The molecule has 464 valence electrons. The number of aryl methyl sites for hydroxylation is 1. The molecule has 5 aliphatic rings. The predicted octanol–water partition coefficient (Wildman–Crippen LogP) is 8.59. The van der Waals surface area contributed by atoms with E-state index in [1.54, 1.807) is 55.1 Å². The average molecular weight is 1160 g/mol. The van der Waals surface area contributed by atoms with E-state index in [1.807, 2.05) is 83.2 Å². The monoisotopic (exact) mass is 1160 g/mol. The molecule has 0 aromatic heterocycles. The topological polar surface area (TPSA) is 232 Å². The molecule has 16 unspecified atom stereocenters. The number of nitrogens with zero attached hydrogens (tertiary/aromatic N) is 1. The zero-order valence-corrected chi connectivity index (χ0v) is 51.5. The summed E-state index contributed by atoms with van der Waals surface area (Å²) in [4.78, 5) is 72.8. The number of aliphatic hydroxyl groups is 3.